The number of aromatic nitrogens is 3. The van der Waals surface area contributed by atoms with Gasteiger partial charge in [-0.1, -0.05) is 0 Å². The molecule has 1 aromatic carbocycles. The van der Waals surface area contributed by atoms with Gasteiger partial charge in [0.15, 0.2) is 5.82 Å². The summed E-state index contributed by atoms with van der Waals surface area (Å²) in [6.45, 7) is 1.61. The van der Waals surface area contributed by atoms with Crippen molar-refractivity contribution in [3.05, 3.63) is 40.2 Å². The number of nitrogen functional groups attached to an aromatic ring is 1. The van der Waals surface area contributed by atoms with Gasteiger partial charge in [-0.05, 0) is 49.7 Å². The minimum atomic E-state index is -0.490. The molecule has 2 fully saturated rings. The largest absolute Gasteiger partial charge is 0.398 e. The van der Waals surface area contributed by atoms with Crippen molar-refractivity contribution in [1.82, 2.24) is 14.8 Å². The van der Waals surface area contributed by atoms with Crippen LogP contribution in [0, 0.1) is 5.82 Å². The molecule has 1 aliphatic heterocycles. The van der Waals surface area contributed by atoms with E-state index in [4.69, 9.17) is 11.5 Å². The first-order valence-electron chi connectivity index (χ1n) is 11.3. The molecule has 174 valence electrons. The summed E-state index contributed by atoms with van der Waals surface area (Å²) in [5.74, 6) is 0.110. The molecule has 0 unspecified atom stereocenters. The highest BCUT2D eigenvalue weighted by atomic mass is 32.1. The summed E-state index contributed by atoms with van der Waals surface area (Å²) in [6, 6.07) is 1.70. The van der Waals surface area contributed by atoms with Gasteiger partial charge >= 0.3 is 0 Å². The van der Waals surface area contributed by atoms with Crippen LogP contribution in [0.5, 0.6) is 0 Å². The Bertz CT molecular complexity index is 1170. The van der Waals surface area contributed by atoms with Crippen molar-refractivity contribution in [2.75, 3.05) is 29.0 Å². The molecule has 3 aromatic rings. The zero-order chi connectivity index (χ0) is 23.1. The Balaban J connectivity index is 1.61. The second kappa shape index (κ2) is 8.75. The summed E-state index contributed by atoms with van der Waals surface area (Å²) in [5.41, 5.74) is 16.9. The Labute approximate surface area is 195 Å². The maximum absolute atomic E-state index is 16.1. The zero-order valence-corrected chi connectivity index (χ0v) is 19.4. The van der Waals surface area contributed by atoms with E-state index in [1.54, 1.807) is 21.8 Å². The van der Waals surface area contributed by atoms with Crippen molar-refractivity contribution in [3.63, 3.8) is 0 Å². The van der Waals surface area contributed by atoms with Crippen LogP contribution in [0.3, 0.4) is 0 Å². The van der Waals surface area contributed by atoms with Gasteiger partial charge in [-0.15, -0.1) is 11.3 Å². The fourth-order valence-corrected chi connectivity index (χ4v) is 5.22. The van der Waals surface area contributed by atoms with Crippen LogP contribution in [0.4, 0.5) is 21.6 Å². The van der Waals surface area contributed by atoms with Crippen molar-refractivity contribution in [2.45, 2.75) is 44.1 Å². The van der Waals surface area contributed by atoms with Crippen LogP contribution < -0.4 is 21.7 Å². The number of hydrogen-bond acceptors (Lipinski definition) is 7. The quantitative estimate of drug-likeness (QED) is 0.491. The summed E-state index contributed by atoms with van der Waals surface area (Å²) in [7, 11) is 1.87. The number of nitrogens with two attached hydrogens (primary N) is 2. The smallest absolute Gasteiger partial charge is 0.275 e. The number of hydrogen-bond donors (Lipinski definition) is 3. The van der Waals surface area contributed by atoms with Crippen LogP contribution in [0.2, 0.25) is 0 Å². The molecule has 5 rings (SSSR count). The fourth-order valence-electron chi connectivity index (χ4n) is 4.69. The Morgan fingerprint density at radius 2 is 2.09 bits per heavy atom. The number of thiazole rings is 1. The van der Waals surface area contributed by atoms with Crippen molar-refractivity contribution < 1.29 is 9.18 Å². The first-order valence-corrected chi connectivity index (χ1v) is 12.2. The molecule has 1 saturated carbocycles. The zero-order valence-electron chi connectivity index (χ0n) is 18.6. The lowest BCUT2D eigenvalue weighted by Gasteiger charge is -2.25. The standard InChI is InChI=1S/C23H28FN7OS/c1-30-23(31-7-2-3-14(25)6-8-31)15(10-28-30)20-19(13-4-5-13)16(26)9-17(21(20)24)29-22(32)18-11-33-12-27-18/h9-14H,2-8,25-26H2,1H3,(H,29,32)/t14-/m1/s1. The molecular weight excluding hydrogens is 441 g/mol. The molecule has 2 aromatic heterocycles. The van der Waals surface area contributed by atoms with Gasteiger partial charge in [0.2, 0.25) is 0 Å². The lowest BCUT2D eigenvalue weighted by molar-refractivity contribution is 0.102. The number of nitrogens with zero attached hydrogens (tertiary/aromatic N) is 4. The average molecular weight is 470 g/mol. The molecule has 2 aliphatic rings. The first kappa shape index (κ1) is 21.8. The van der Waals surface area contributed by atoms with Gasteiger partial charge in [0.05, 0.1) is 17.4 Å². The first-order chi connectivity index (χ1) is 15.9. The number of carbonyl (C=O) groups is 1. The summed E-state index contributed by atoms with van der Waals surface area (Å²) < 4.78 is 17.9. The highest BCUT2D eigenvalue weighted by Crippen LogP contribution is 2.51. The molecule has 0 radical (unpaired) electrons. The van der Waals surface area contributed by atoms with E-state index in [2.05, 4.69) is 20.3 Å². The van der Waals surface area contributed by atoms with E-state index in [0.717, 1.165) is 56.6 Å². The third-order valence-electron chi connectivity index (χ3n) is 6.48. The maximum atomic E-state index is 16.1. The van der Waals surface area contributed by atoms with E-state index in [1.165, 1.54) is 17.4 Å². The van der Waals surface area contributed by atoms with Gasteiger partial charge in [-0.25, -0.2) is 9.37 Å². The Hall–Kier alpha value is -2.98. The van der Waals surface area contributed by atoms with Gasteiger partial charge < -0.3 is 21.7 Å². The van der Waals surface area contributed by atoms with Gasteiger partial charge in [0.25, 0.3) is 5.91 Å². The Kier molecular flexibility index (Phi) is 5.79. The van der Waals surface area contributed by atoms with E-state index in [0.29, 0.717) is 16.8 Å². The molecule has 1 saturated heterocycles. The van der Waals surface area contributed by atoms with E-state index < -0.39 is 11.7 Å². The van der Waals surface area contributed by atoms with Gasteiger partial charge in [-0.3, -0.25) is 9.48 Å². The number of halogens is 1. The normalized spacial score (nSPS) is 18.9. The molecule has 33 heavy (non-hydrogen) atoms. The number of nitrogens with one attached hydrogen (secondary N) is 1. The molecule has 1 aliphatic carbocycles. The predicted molar refractivity (Wildman–Crippen MR) is 129 cm³/mol. The molecule has 1 atom stereocenters. The summed E-state index contributed by atoms with van der Waals surface area (Å²) in [6.07, 6.45) is 6.45. The van der Waals surface area contributed by atoms with Crippen molar-refractivity contribution >= 4 is 34.4 Å². The van der Waals surface area contributed by atoms with Crippen molar-refractivity contribution in [1.29, 1.82) is 0 Å². The Morgan fingerprint density at radius 3 is 2.82 bits per heavy atom. The maximum Gasteiger partial charge on any atom is 0.275 e. The van der Waals surface area contributed by atoms with Crippen LogP contribution in [0.1, 0.15) is 54.1 Å². The SMILES string of the molecule is Cn1ncc(-c2c(F)c(NC(=O)c3cscn3)cc(N)c2C2CC2)c1N1CCC[C@@H](N)CC1. The van der Waals surface area contributed by atoms with Crippen LogP contribution in [-0.2, 0) is 7.05 Å². The molecule has 8 nitrogen and oxygen atoms in total. The monoisotopic (exact) mass is 469 g/mol. The molecular formula is C23H28FN7OS. The number of anilines is 3. The molecule has 0 spiro atoms. The molecule has 0 bridgehead atoms. The van der Waals surface area contributed by atoms with E-state index in [-0.39, 0.29) is 23.3 Å². The van der Waals surface area contributed by atoms with Gasteiger partial charge in [0.1, 0.15) is 11.5 Å². The van der Waals surface area contributed by atoms with Gasteiger partial charge in [-0.2, -0.15) is 5.10 Å². The minimum Gasteiger partial charge on any atom is -0.398 e. The summed E-state index contributed by atoms with van der Waals surface area (Å²) in [5, 5.41) is 8.77. The Morgan fingerprint density at radius 1 is 1.27 bits per heavy atom. The van der Waals surface area contributed by atoms with E-state index in [9.17, 15) is 4.79 Å². The van der Waals surface area contributed by atoms with Crippen LogP contribution in [0.15, 0.2) is 23.2 Å². The molecule has 10 heteroatoms. The second-order valence-electron chi connectivity index (χ2n) is 8.90. The van der Waals surface area contributed by atoms with Crippen LogP contribution >= 0.6 is 11.3 Å². The average Bonchev–Trinajstić information content (AvgIpc) is 3.39. The van der Waals surface area contributed by atoms with Crippen LogP contribution in [0.25, 0.3) is 11.1 Å². The lowest BCUT2D eigenvalue weighted by Crippen LogP contribution is -2.28. The molecule has 3 heterocycles. The van der Waals surface area contributed by atoms with Crippen molar-refractivity contribution in [2.24, 2.45) is 12.8 Å². The van der Waals surface area contributed by atoms with E-state index >= 15 is 4.39 Å². The van der Waals surface area contributed by atoms with Crippen molar-refractivity contribution in [3.8, 4) is 11.1 Å². The van der Waals surface area contributed by atoms with E-state index in [1.807, 2.05) is 7.05 Å². The highest BCUT2D eigenvalue weighted by Gasteiger charge is 2.34. The lowest BCUT2D eigenvalue weighted by atomic mass is 9.94. The summed E-state index contributed by atoms with van der Waals surface area (Å²) in [4.78, 5) is 18.8. The number of rotatable bonds is 5. The number of amides is 1. The number of carbonyl (C=O) groups excluding carboxylic acids is 1. The molecule has 1 amide bonds. The summed E-state index contributed by atoms with van der Waals surface area (Å²) >= 11 is 1.31. The highest BCUT2D eigenvalue weighted by molar-refractivity contribution is 7.07. The second-order valence-corrected chi connectivity index (χ2v) is 9.62. The fraction of sp³-hybridized carbons (Fsp3) is 0.435. The minimum absolute atomic E-state index is 0.0533. The topological polar surface area (TPSA) is 115 Å². The third-order valence-corrected chi connectivity index (χ3v) is 7.07. The molecule has 5 N–H and O–H groups in total. The van der Waals surface area contributed by atoms with Crippen LogP contribution in [-0.4, -0.2) is 39.8 Å². The third kappa shape index (κ3) is 4.20. The predicted octanol–water partition coefficient (Wildman–Crippen LogP) is 3.71. The number of aryl methyl sites for hydroxylation is 1. The number of benzene rings is 1. The van der Waals surface area contributed by atoms with Gasteiger partial charge in [0, 0.05) is 48.4 Å².